The molecule has 0 radical (unpaired) electrons. The molecule has 0 aliphatic carbocycles. The molecule has 0 atom stereocenters. The van der Waals surface area contributed by atoms with Gasteiger partial charge in [0, 0.05) is 18.8 Å². The lowest BCUT2D eigenvalue weighted by atomic mass is 10.1. The van der Waals surface area contributed by atoms with E-state index >= 15 is 0 Å². The Kier molecular flexibility index (Phi) is 5.83. The molecule has 0 fully saturated rings. The molecule has 2 amide bonds. The Morgan fingerprint density at radius 2 is 2.00 bits per heavy atom. The summed E-state index contributed by atoms with van der Waals surface area (Å²) in [6, 6.07) is 8.16. The molecule has 0 bridgehead atoms. The first-order valence-corrected chi connectivity index (χ1v) is 10.5. The largest absolute Gasteiger partial charge is 0.482 e. The highest BCUT2D eigenvalue weighted by molar-refractivity contribution is 7.89. The van der Waals surface area contributed by atoms with E-state index in [2.05, 4.69) is 10.6 Å². The molecule has 1 aliphatic rings. The van der Waals surface area contributed by atoms with E-state index in [4.69, 9.17) is 16.3 Å². The Bertz CT molecular complexity index is 1100. The molecule has 29 heavy (non-hydrogen) atoms. The maximum Gasteiger partial charge on any atom is 0.262 e. The molecule has 2 aromatic rings. The molecule has 0 aromatic heterocycles. The van der Waals surface area contributed by atoms with Crippen molar-refractivity contribution >= 4 is 44.8 Å². The summed E-state index contributed by atoms with van der Waals surface area (Å²) in [6.07, 6.45) is 0. The fourth-order valence-corrected chi connectivity index (χ4v) is 4.43. The number of ether oxygens (including phenoxy) is 1. The van der Waals surface area contributed by atoms with E-state index in [1.807, 2.05) is 32.0 Å². The van der Waals surface area contributed by atoms with Crippen LogP contribution in [0.5, 0.6) is 5.75 Å². The molecule has 0 spiro atoms. The summed E-state index contributed by atoms with van der Waals surface area (Å²) in [5.41, 5.74) is 2.75. The van der Waals surface area contributed by atoms with Crippen LogP contribution in [0.2, 0.25) is 5.02 Å². The molecular weight excluding hydrogens is 418 g/mol. The second kappa shape index (κ2) is 8.02. The Morgan fingerprint density at radius 3 is 2.72 bits per heavy atom. The minimum atomic E-state index is -4.07. The van der Waals surface area contributed by atoms with Gasteiger partial charge in [0.2, 0.25) is 15.9 Å². The molecule has 3 rings (SSSR count). The predicted octanol–water partition coefficient (Wildman–Crippen LogP) is 2.55. The molecule has 10 heteroatoms. The van der Waals surface area contributed by atoms with E-state index in [-0.39, 0.29) is 28.2 Å². The van der Waals surface area contributed by atoms with Crippen molar-refractivity contribution in [3.8, 4) is 5.75 Å². The number of carbonyl (C=O) groups excluding carboxylic acids is 2. The number of likely N-dealkylation sites (N-methyl/N-ethyl adjacent to an activating group) is 1. The normalized spacial score (nSPS) is 13.5. The van der Waals surface area contributed by atoms with Crippen molar-refractivity contribution in [3.63, 3.8) is 0 Å². The average molecular weight is 438 g/mol. The van der Waals surface area contributed by atoms with Crippen LogP contribution in [0.15, 0.2) is 35.2 Å². The van der Waals surface area contributed by atoms with Crippen LogP contribution in [0.25, 0.3) is 0 Å². The number of amides is 2. The van der Waals surface area contributed by atoms with Gasteiger partial charge in [0.1, 0.15) is 10.6 Å². The van der Waals surface area contributed by atoms with Gasteiger partial charge < -0.3 is 15.4 Å². The fourth-order valence-electron chi connectivity index (χ4n) is 2.79. The topological polar surface area (TPSA) is 105 Å². The van der Waals surface area contributed by atoms with Gasteiger partial charge in [-0.1, -0.05) is 23.7 Å². The van der Waals surface area contributed by atoms with Crippen LogP contribution in [0.1, 0.15) is 11.1 Å². The van der Waals surface area contributed by atoms with Crippen LogP contribution >= 0.6 is 11.6 Å². The molecule has 0 unspecified atom stereocenters. The zero-order valence-electron chi connectivity index (χ0n) is 16.1. The summed E-state index contributed by atoms with van der Waals surface area (Å²) in [5, 5.41) is 5.19. The maximum absolute atomic E-state index is 12.9. The molecule has 0 saturated carbocycles. The van der Waals surface area contributed by atoms with Crippen LogP contribution in [-0.2, 0) is 19.6 Å². The van der Waals surface area contributed by atoms with Crippen molar-refractivity contribution in [2.75, 3.05) is 30.8 Å². The second-order valence-corrected chi connectivity index (χ2v) is 9.16. The van der Waals surface area contributed by atoms with E-state index in [9.17, 15) is 18.0 Å². The lowest BCUT2D eigenvalue weighted by Gasteiger charge is -2.22. The number of carbonyl (C=O) groups is 2. The lowest BCUT2D eigenvalue weighted by molar-refractivity contribution is -0.118. The molecule has 2 aromatic carbocycles. The zero-order chi connectivity index (χ0) is 21.3. The van der Waals surface area contributed by atoms with E-state index in [0.717, 1.165) is 15.4 Å². The Balaban J connectivity index is 1.79. The zero-order valence-corrected chi connectivity index (χ0v) is 17.6. The highest BCUT2D eigenvalue weighted by Crippen LogP contribution is 2.36. The number of hydrogen-bond donors (Lipinski definition) is 2. The van der Waals surface area contributed by atoms with Crippen molar-refractivity contribution in [1.82, 2.24) is 4.31 Å². The highest BCUT2D eigenvalue weighted by atomic mass is 35.5. The molecule has 1 heterocycles. The van der Waals surface area contributed by atoms with Crippen LogP contribution < -0.4 is 15.4 Å². The van der Waals surface area contributed by atoms with E-state index in [0.29, 0.717) is 11.4 Å². The van der Waals surface area contributed by atoms with Crippen LogP contribution in [0, 0.1) is 13.8 Å². The standard InChI is InChI=1S/C19H20ClN3O5S/c1-11-4-5-12(2)14(6-11)21-18(24)9-23(3)29(26,27)17-8-16-15(7-13(17)20)22-19(25)10-28-16/h4-8H,9-10H2,1-3H3,(H,21,24)(H,22,25). The fraction of sp³-hybridized carbons (Fsp3) is 0.263. The number of sulfonamides is 1. The minimum Gasteiger partial charge on any atom is -0.482 e. The van der Waals surface area contributed by atoms with E-state index in [1.165, 1.54) is 19.2 Å². The number of hydrogen-bond acceptors (Lipinski definition) is 5. The molecule has 8 nitrogen and oxygen atoms in total. The van der Waals surface area contributed by atoms with Gasteiger partial charge in [-0.15, -0.1) is 0 Å². The Hall–Kier alpha value is -2.62. The third-order valence-electron chi connectivity index (χ3n) is 4.39. The number of anilines is 2. The van der Waals surface area contributed by atoms with Crippen LogP contribution in [0.3, 0.4) is 0 Å². The summed E-state index contributed by atoms with van der Waals surface area (Å²) in [4.78, 5) is 23.6. The van der Waals surface area contributed by atoms with Gasteiger partial charge in [-0.25, -0.2) is 8.42 Å². The smallest absolute Gasteiger partial charge is 0.262 e. The first-order valence-electron chi connectivity index (χ1n) is 8.67. The van der Waals surface area contributed by atoms with Crippen molar-refractivity contribution in [2.45, 2.75) is 18.7 Å². The predicted molar refractivity (Wildman–Crippen MR) is 110 cm³/mol. The molecule has 1 aliphatic heterocycles. The molecule has 0 saturated heterocycles. The average Bonchev–Trinajstić information content (AvgIpc) is 2.63. The Labute approximate surface area is 173 Å². The summed E-state index contributed by atoms with van der Waals surface area (Å²) in [6.45, 7) is 3.12. The maximum atomic E-state index is 12.9. The Morgan fingerprint density at radius 1 is 1.28 bits per heavy atom. The first-order chi connectivity index (χ1) is 13.6. The highest BCUT2D eigenvalue weighted by Gasteiger charge is 2.29. The van der Waals surface area contributed by atoms with Gasteiger partial charge >= 0.3 is 0 Å². The lowest BCUT2D eigenvalue weighted by Crippen LogP contribution is -2.35. The number of benzene rings is 2. The monoisotopic (exact) mass is 437 g/mol. The van der Waals surface area contributed by atoms with Crippen LogP contribution in [-0.4, -0.2) is 44.7 Å². The number of halogens is 1. The molecule has 154 valence electrons. The van der Waals surface area contributed by atoms with Gasteiger partial charge in [-0.3, -0.25) is 9.59 Å². The summed E-state index contributed by atoms with van der Waals surface area (Å²) in [7, 11) is -2.79. The summed E-state index contributed by atoms with van der Waals surface area (Å²) < 4.78 is 32.0. The van der Waals surface area contributed by atoms with Crippen molar-refractivity contribution < 1.29 is 22.7 Å². The second-order valence-electron chi connectivity index (χ2n) is 6.74. The molecule has 2 N–H and O–H groups in total. The van der Waals surface area contributed by atoms with Gasteiger partial charge in [0.15, 0.2) is 6.61 Å². The third kappa shape index (κ3) is 4.52. The van der Waals surface area contributed by atoms with Crippen LogP contribution in [0.4, 0.5) is 11.4 Å². The minimum absolute atomic E-state index is 0.0867. The number of aryl methyl sites for hydroxylation is 2. The quantitative estimate of drug-likeness (QED) is 0.747. The first kappa shape index (κ1) is 21.1. The third-order valence-corrected chi connectivity index (χ3v) is 6.66. The van der Waals surface area contributed by atoms with Crippen molar-refractivity contribution in [1.29, 1.82) is 0 Å². The van der Waals surface area contributed by atoms with E-state index in [1.54, 1.807) is 0 Å². The number of fused-ring (bicyclic) bond motifs is 1. The van der Waals surface area contributed by atoms with Crippen molar-refractivity contribution in [3.05, 3.63) is 46.5 Å². The van der Waals surface area contributed by atoms with Gasteiger partial charge in [-0.2, -0.15) is 4.31 Å². The number of rotatable bonds is 5. The summed E-state index contributed by atoms with van der Waals surface area (Å²) in [5.74, 6) is -0.646. The number of nitrogens with one attached hydrogen (secondary N) is 2. The number of nitrogens with zero attached hydrogens (tertiary/aromatic N) is 1. The van der Waals surface area contributed by atoms with E-state index < -0.39 is 22.5 Å². The van der Waals surface area contributed by atoms with Gasteiger partial charge in [0.25, 0.3) is 5.91 Å². The van der Waals surface area contributed by atoms with Gasteiger partial charge in [0.05, 0.1) is 17.3 Å². The van der Waals surface area contributed by atoms with Crippen molar-refractivity contribution in [2.24, 2.45) is 0 Å². The molecular formula is C19H20ClN3O5S. The SMILES string of the molecule is Cc1ccc(C)c(NC(=O)CN(C)S(=O)(=O)c2cc3c(cc2Cl)NC(=O)CO3)c1. The van der Waals surface area contributed by atoms with Gasteiger partial charge in [-0.05, 0) is 37.1 Å². The summed E-state index contributed by atoms with van der Waals surface area (Å²) >= 11 is 6.13.